The Hall–Kier alpha value is -4.33. The van der Waals surface area contributed by atoms with Gasteiger partial charge in [0, 0.05) is 17.8 Å². The van der Waals surface area contributed by atoms with Crippen LogP contribution in [0, 0.1) is 10.1 Å². The van der Waals surface area contributed by atoms with Gasteiger partial charge >= 0.3 is 0 Å². The number of pyridine rings is 1. The van der Waals surface area contributed by atoms with E-state index >= 15 is 0 Å². The Labute approximate surface area is 170 Å². The number of aliphatic hydroxyl groups excluding tert-OH is 1. The number of carbonyl (C=O) groups excluding carboxylic acids is 2. The Balaban J connectivity index is 2.02. The summed E-state index contributed by atoms with van der Waals surface area (Å²) in [4.78, 5) is 42.1. The average Bonchev–Trinajstić information content (AvgIpc) is 3.05. The number of hydrogen-bond acceptors (Lipinski definition) is 6. The number of para-hydroxylation sites is 1. The summed E-state index contributed by atoms with van der Waals surface area (Å²) < 4.78 is 0. The lowest BCUT2D eigenvalue weighted by Crippen LogP contribution is -2.29. The summed E-state index contributed by atoms with van der Waals surface area (Å²) in [5.41, 5.74) is 0.241. The molecule has 0 radical (unpaired) electrons. The Morgan fingerprint density at radius 2 is 1.70 bits per heavy atom. The molecule has 148 valence electrons. The van der Waals surface area contributed by atoms with Gasteiger partial charge in [-0.2, -0.15) is 0 Å². The number of nitrogens with zero attached hydrogens (tertiary/aromatic N) is 3. The van der Waals surface area contributed by atoms with Gasteiger partial charge in [0.2, 0.25) is 0 Å². The molecular formula is C22H15N3O5. The van der Waals surface area contributed by atoms with Gasteiger partial charge in [-0.05, 0) is 18.2 Å². The van der Waals surface area contributed by atoms with Gasteiger partial charge in [-0.1, -0.05) is 42.5 Å². The van der Waals surface area contributed by atoms with Crippen molar-refractivity contribution in [3.05, 3.63) is 106 Å². The largest absolute Gasteiger partial charge is 0.507 e. The van der Waals surface area contributed by atoms with E-state index < -0.39 is 28.4 Å². The second-order valence-electron chi connectivity index (χ2n) is 6.56. The fourth-order valence-electron chi connectivity index (χ4n) is 3.53. The zero-order valence-corrected chi connectivity index (χ0v) is 15.5. The topological polar surface area (TPSA) is 114 Å². The third-order valence-corrected chi connectivity index (χ3v) is 4.84. The van der Waals surface area contributed by atoms with Crippen LogP contribution in [0.25, 0.3) is 5.76 Å². The van der Waals surface area contributed by atoms with Crippen molar-refractivity contribution in [2.24, 2.45) is 0 Å². The minimum atomic E-state index is -1.18. The van der Waals surface area contributed by atoms with E-state index in [0.717, 1.165) is 4.90 Å². The third kappa shape index (κ3) is 3.10. The van der Waals surface area contributed by atoms with E-state index in [1.54, 1.807) is 48.5 Å². The van der Waals surface area contributed by atoms with Gasteiger partial charge in [0.25, 0.3) is 17.4 Å². The molecule has 8 nitrogen and oxygen atoms in total. The smallest absolute Gasteiger partial charge is 0.300 e. The number of aliphatic hydroxyl groups is 1. The van der Waals surface area contributed by atoms with E-state index in [2.05, 4.69) is 4.98 Å². The molecule has 1 unspecified atom stereocenters. The minimum absolute atomic E-state index is 0.114. The molecule has 2 aromatic carbocycles. The summed E-state index contributed by atoms with van der Waals surface area (Å²) in [7, 11) is 0. The zero-order chi connectivity index (χ0) is 21.3. The lowest BCUT2D eigenvalue weighted by atomic mass is 9.94. The van der Waals surface area contributed by atoms with Gasteiger partial charge in [-0.3, -0.25) is 29.6 Å². The summed E-state index contributed by atoms with van der Waals surface area (Å²) in [6.45, 7) is 0. The number of nitro benzene ring substituents is 1. The molecule has 1 N–H and O–H groups in total. The van der Waals surface area contributed by atoms with Crippen molar-refractivity contribution in [1.82, 2.24) is 4.98 Å². The van der Waals surface area contributed by atoms with Crippen LogP contribution in [-0.2, 0) is 9.59 Å². The monoisotopic (exact) mass is 401 g/mol. The van der Waals surface area contributed by atoms with Gasteiger partial charge in [0.05, 0.1) is 27.9 Å². The molecule has 0 aliphatic carbocycles. The van der Waals surface area contributed by atoms with Crippen LogP contribution in [0.2, 0.25) is 0 Å². The summed E-state index contributed by atoms with van der Waals surface area (Å²) >= 11 is 0. The molecule has 0 spiro atoms. The van der Waals surface area contributed by atoms with Gasteiger partial charge < -0.3 is 5.11 Å². The van der Waals surface area contributed by atoms with E-state index in [4.69, 9.17) is 0 Å². The first-order valence-electron chi connectivity index (χ1n) is 9.00. The van der Waals surface area contributed by atoms with E-state index in [-0.39, 0.29) is 22.5 Å². The molecule has 1 saturated heterocycles. The van der Waals surface area contributed by atoms with Crippen LogP contribution in [0.4, 0.5) is 11.4 Å². The van der Waals surface area contributed by atoms with Crippen molar-refractivity contribution in [1.29, 1.82) is 0 Å². The number of aromatic nitrogens is 1. The average molecular weight is 401 g/mol. The second-order valence-corrected chi connectivity index (χ2v) is 6.56. The van der Waals surface area contributed by atoms with Crippen LogP contribution in [0.5, 0.6) is 0 Å². The first-order chi connectivity index (χ1) is 14.5. The minimum Gasteiger partial charge on any atom is -0.507 e. The molecule has 30 heavy (non-hydrogen) atoms. The summed E-state index contributed by atoms with van der Waals surface area (Å²) in [5.74, 6) is -2.23. The van der Waals surface area contributed by atoms with Crippen molar-refractivity contribution in [3.8, 4) is 0 Å². The number of rotatable bonds is 4. The summed E-state index contributed by atoms with van der Waals surface area (Å²) in [5, 5.41) is 22.6. The second kappa shape index (κ2) is 7.59. The normalized spacial score (nSPS) is 17.9. The van der Waals surface area contributed by atoms with Crippen molar-refractivity contribution in [2.45, 2.75) is 6.04 Å². The quantitative estimate of drug-likeness (QED) is 0.235. The molecule has 8 heteroatoms. The maximum atomic E-state index is 13.0. The zero-order valence-electron chi connectivity index (χ0n) is 15.5. The Morgan fingerprint density at radius 3 is 2.37 bits per heavy atom. The molecular weight excluding hydrogens is 386 g/mol. The summed E-state index contributed by atoms with van der Waals surface area (Å²) in [6, 6.07) is 16.1. The molecule has 1 fully saturated rings. The van der Waals surface area contributed by atoms with Gasteiger partial charge in [-0.15, -0.1) is 0 Å². The molecule has 1 atom stereocenters. The highest BCUT2D eigenvalue weighted by molar-refractivity contribution is 6.51. The van der Waals surface area contributed by atoms with Crippen LogP contribution in [-0.4, -0.2) is 26.7 Å². The van der Waals surface area contributed by atoms with Gasteiger partial charge in [0.1, 0.15) is 11.8 Å². The van der Waals surface area contributed by atoms with Gasteiger partial charge in [-0.25, -0.2) is 0 Å². The van der Waals surface area contributed by atoms with Gasteiger partial charge in [0.15, 0.2) is 0 Å². The highest BCUT2D eigenvalue weighted by Gasteiger charge is 2.48. The number of Topliss-reactive ketones (excluding diaryl/α,β-unsaturated/α-hetero) is 1. The number of nitro groups is 1. The van der Waals surface area contributed by atoms with E-state index in [1.807, 2.05) is 0 Å². The van der Waals surface area contributed by atoms with Crippen LogP contribution < -0.4 is 4.90 Å². The Kier molecular flexibility index (Phi) is 4.81. The number of amides is 1. The summed E-state index contributed by atoms with van der Waals surface area (Å²) in [6.07, 6.45) is 2.89. The van der Waals surface area contributed by atoms with Crippen molar-refractivity contribution < 1.29 is 19.6 Å². The predicted molar refractivity (Wildman–Crippen MR) is 109 cm³/mol. The lowest BCUT2D eigenvalue weighted by molar-refractivity contribution is -0.385. The van der Waals surface area contributed by atoms with Crippen molar-refractivity contribution in [3.63, 3.8) is 0 Å². The van der Waals surface area contributed by atoms with Crippen LogP contribution in [0.1, 0.15) is 17.2 Å². The third-order valence-electron chi connectivity index (χ3n) is 4.84. The maximum absolute atomic E-state index is 13.0. The standard InChI is InChI=1S/C22H15N3O5/c26-20(14-7-2-1-3-8-14)18-19(16-10-4-5-11-17(16)25(29)30)24(22(28)21(18)27)15-9-6-12-23-13-15/h1-13,19,26H/b20-18-. The van der Waals surface area contributed by atoms with Crippen LogP contribution in [0.15, 0.2) is 84.7 Å². The predicted octanol–water partition coefficient (Wildman–Crippen LogP) is 3.62. The Bertz CT molecular complexity index is 1180. The molecule has 1 aliphatic heterocycles. The fourth-order valence-corrected chi connectivity index (χ4v) is 3.53. The molecule has 0 saturated carbocycles. The van der Waals surface area contributed by atoms with Crippen LogP contribution in [0.3, 0.4) is 0 Å². The van der Waals surface area contributed by atoms with Crippen LogP contribution >= 0.6 is 0 Å². The lowest BCUT2D eigenvalue weighted by Gasteiger charge is -2.24. The first kappa shape index (κ1) is 19.0. The number of hydrogen-bond donors (Lipinski definition) is 1. The number of anilines is 1. The highest BCUT2D eigenvalue weighted by atomic mass is 16.6. The van der Waals surface area contributed by atoms with Crippen molar-refractivity contribution >= 4 is 28.8 Å². The van der Waals surface area contributed by atoms with E-state index in [9.17, 15) is 24.8 Å². The number of benzene rings is 2. The van der Waals surface area contributed by atoms with E-state index in [0.29, 0.717) is 5.56 Å². The molecule has 1 amide bonds. The SMILES string of the molecule is O=C1C(=O)N(c2cccnc2)C(c2ccccc2[N+](=O)[O-])/C1=C(/O)c1ccccc1. The van der Waals surface area contributed by atoms with Crippen molar-refractivity contribution in [2.75, 3.05) is 4.90 Å². The number of ketones is 1. The van der Waals surface area contributed by atoms with E-state index in [1.165, 1.54) is 30.6 Å². The fraction of sp³-hybridized carbons (Fsp3) is 0.0455. The number of carbonyl (C=O) groups is 2. The molecule has 4 rings (SSSR count). The first-order valence-corrected chi connectivity index (χ1v) is 9.00. The highest BCUT2D eigenvalue weighted by Crippen LogP contribution is 2.44. The molecule has 1 aromatic heterocycles. The molecule has 2 heterocycles. The molecule has 1 aliphatic rings. The molecule has 3 aromatic rings. The maximum Gasteiger partial charge on any atom is 0.300 e. The Morgan fingerprint density at radius 1 is 1.00 bits per heavy atom. The molecule has 0 bridgehead atoms.